The summed E-state index contributed by atoms with van der Waals surface area (Å²) in [6, 6.07) is 0. The highest BCUT2D eigenvalue weighted by Gasteiger charge is 2.57. The van der Waals surface area contributed by atoms with Crippen LogP contribution in [0, 0.1) is 0 Å². The molecule has 0 N–H and O–H groups in total. The van der Waals surface area contributed by atoms with Crippen molar-refractivity contribution in [1.82, 2.24) is 5.06 Å². The van der Waals surface area contributed by atoms with Gasteiger partial charge in [0, 0.05) is 23.9 Å². The van der Waals surface area contributed by atoms with E-state index in [1.54, 1.807) is 7.11 Å². The van der Waals surface area contributed by atoms with Crippen molar-refractivity contribution < 1.29 is 9.57 Å². The average molecular weight is 281 g/mol. The Balaban J connectivity index is 2.29. The van der Waals surface area contributed by atoms with Crippen LogP contribution in [0.5, 0.6) is 0 Å². The highest BCUT2D eigenvalue weighted by atomic mass is 16.7. The largest absolute Gasteiger partial charge is 0.367 e. The molecule has 1 spiro atoms. The monoisotopic (exact) mass is 281 g/mol. The molecule has 2 fully saturated rings. The SMILES string of the molecule is C=C1CC(CCC)OC12CC(C)(C)N(OC)C(C)(C)C2. The van der Waals surface area contributed by atoms with Gasteiger partial charge in [0.15, 0.2) is 0 Å². The lowest BCUT2D eigenvalue weighted by molar-refractivity contribution is -0.291. The van der Waals surface area contributed by atoms with Crippen molar-refractivity contribution in [3.8, 4) is 0 Å². The number of nitrogens with zero attached hydrogens (tertiary/aromatic N) is 1. The summed E-state index contributed by atoms with van der Waals surface area (Å²) >= 11 is 0. The lowest BCUT2D eigenvalue weighted by Gasteiger charge is -2.57. The molecule has 0 aromatic heterocycles. The fourth-order valence-electron chi connectivity index (χ4n) is 4.64. The molecule has 0 radical (unpaired) electrons. The normalized spacial score (nSPS) is 31.9. The average Bonchev–Trinajstić information content (AvgIpc) is 2.51. The summed E-state index contributed by atoms with van der Waals surface area (Å²) in [4.78, 5) is 5.68. The van der Waals surface area contributed by atoms with Gasteiger partial charge in [-0.25, -0.2) is 0 Å². The molecule has 3 heteroatoms. The predicted molar refractivity (Wildman–Crippen MR) is 82.5 cm³/mol. The third-order valence-electron chi connectivity index (χ3n) is 4.84. The molecule has 0 aromatic rings. The van der Waals surface area contributed by atoms with E-state index in [0.29, 0.717) is 6.10 Å². The second-order valence-electron chi connectivity index (χ2n) is 7.79. The minimum absolute atomic E-state index is 0.0550. The van der Waals surface area contributed by atoms with Gasteiger partial charge in [-0.15, -0.1) is 0 Å². The van der Waals surface area contributed by atoms with E-state index in [0.717, 1.165) is 25.7 Å². The summed E-state index contributed by atoms with van der Waals surface area (Å²) in [7, 11) is 1.77. The molecule has 116 valence electrons. The maximum Gasteiger partial charge on any atom is 0.0930 e. The van der Waals surface area contributed by atoms with Crippen LogP contribution in [0.4, 0.5) is 0 Å². The van der Waals surface area contributed by atoms with Gasteiger partial charge in [-0.2, -0.15) is 5.06 Å². The van der Waals surface area contributed by atoms with Crippen LogP contribution in [-0.2, 0) is 9.57 Å². The number of hydroxylamine groups is 2. The Kier molecular flexibility index (Phi) is 4.09. The van der Waals surface area contributed by atoms with Crippen molar-refractivity contribution in [2.75, 3.05) is 7.11 Å². The van der Waals surface area contributed by atoms with Crippen molar-refractivity contribution in [2.45, 2.75) is 89.5 Å². The van der Waals surface area contributed by atoms with Crippen LogP contribution in [-0.4, -0.2) is 35.0 Å². The van der Waals surface area contributed by atoms with Crippen molar-refractivity contribution in [1.29, 1.82) is 0 Å². The molecule has 1 unspecified atom stereocenters. The lowest BCUT2D eigenvalue weighted by Crippen LogP contribution is -2.65. The predicted octanol–water partition coefficient (Wildman–Crippen LogP) is 4.08. The Morgan fingerprint density at radius 2 is 1.80 bits per heavy atom. The third kappa shape index (κ3) is 2.56. The first-order valence-corrected chi connectivity index (χ1v) is 7.87. The van der Waals surface area contributed by atoms with Gasteiger partial charge in [0.1, 0.15) is 0 Å². The molecule has 0 amide bonds. The molecular weight excluding hydrogens is 250 g/mol. The Morgan fingerprint density at radius 3 is 2.25 bits per heavy atom. The molecule has 2 aliphatic rings. The molecule has 0 bridgehead atoms. The quantitative estimate of drug-likeness (QED) is 0.727. The van der Waals surface area contributed by atoms with Gasteiger partial charge in [-0.3, -0.25) is 0 Å². The van der Waals surface area contributed by atoms with Crippen molar-refractivity contribution in [2.24, 2.45) is 0 Å². The molecule has 3 nitrogen and oxygen atoms in total. The maximum absolute atomic E-state index is 6.52. The van der Waals surface area contributed by atoms with E-state index in [1.807, 2.05) is 0 Å². The van der Waals surface area contributed by atoms with E-state index in [4.69, 9.17) is 9.57 Å². The van der Waals surface area contributed by atoms with Crippen LogP contribution in [0.15, 0.2) is 12.2 Å². The van der Waals surface area contributed by atoms with Crippen LogP contribution in [0.25, 0.3) is 0 Å². The first-order chi connectivity index (χ1) is 9.17. The van der Waals surface area contributed by atoms with E-state index in [9.17, 15) is 0 Å². The van der Waals surface area contributed by atoms with E-state index in [-0.39, 0.29) is 16.7 Å². The van der Waals surface area contributed by atoms with Gasteiger partial charge in [0.05, 0.1) is 18.8 Å². The summed E-state index contributed by atoms with van der Waals surface area (Å²) in [6.45, 7) is 15.5. The van der Waals surface area contributed by atoms with E-state index in [2.05, 4.69) is 46.3 Å². The molecule has 2 saturated heterocycles. The summed E-state index contributed by atoms with van der Waals surface area (Å²) in [5.41, 5.74) is 1.01. The minimum atomic E-state index is -0.165. The Hall–Kier alpha value is -0.380. The maximum atomic E-state index is 6.52. The van der Waals surface area contributed by atoms with Gasteiger partial charge in [-0.05, 0) is 46.1 Å². The number of hydrogen-bond acceptors (Lipinski definition) is 3. The molecular formula is C17H31NO2. The smallest absolute Gasteiger partial charge is 0.0930 e. The van der Waals surface area contributed by atoms with E-state index < -0.39 is 0 Å². The highest BCUT2D eigenvalue weighted by molar-refractivity contribution is 5.25. The summed E-state index contributed by atoms with van der Waals surface area (Å²) in [6.07, 6.45) is 5.59. The minimum Gasteiger partial charge on any atom is -0.367 e. The summed E-state index contributed by atoms with van der Waals surface area (Å²) < 4.78 is 6.52. The first-order valence-electron chi connectivity index (χ1n) is 7.87. The van der Waals surface area contributed by atoms with Crippen LogP contribution >= 0.6 is 0 Å². The number of rotatable bonds is 3. The Morgan fingerprint density at radius 1 is 1.25 bits per heavy atom. The van der Waals surface area contributed by atoms with Gasteiger partial charge < -0.3 is 9.57 Å². The topological polar surface area (TPSA) is 21.7 Å². The molecule has 0 aliphatic carbocycles. The lowest BCUT2D eigenvalue weighted by atomic mass is 9.69. The second kappa shape index (κ2) is 5.11. The number of piperidine rings is 1. The first kappa shape index (κ1) is 16.0. The Labute approximate surface area is 124 Å². The van der Waals surface area contributed by atoms with Crippen LogP contribution < -0.4 is 0 Å². The fourth-order valence-corrected chi connectivity index (χ4v) is 4.64. The second-order valence-corrected chi connectivity index (χ2v) is 7.79. The van der Waals surface area contributed by atoms with E-state index >= 15 is 0 Å². The molecule has 0 aromatic carbocycles. The standard InChI is InChI=1S/C17H31NO2/c1-8-9-14-10-13(2)17(20-14)11-15(3,4)18(19-7)16(5,6)12-17/h14H,2,8-12H2,1,3-7H3. The third-order valence-corrected chi connectivity index (χ3v) is 4.84. The zero-order valence-electron chi connectivity index (χ0n) is 14.1. The van der Waals surface area contributed by atoms with Crippen LogP contribution in [0.2, 0.25) is 0 Å². The fraction of sp³-hybridized carbons (Fsp3) is 0.882. The van der Waals surface area contributed by atoms with Gasteiger partial charge in [0.25, 0.3) is 0 Å². The van der Waals surface area contributed by atoms with Gasteiger partial charge in [0.2, 0.25) is 0 Å². The molecule has 2 heterocycles. The van der Waals surface area contributed by atoms with Crippen molar-refractivity contribution >= 4 is 0 Å². The molecule has 20 heavy (non-hydrogen) atoms. The zero-order valence-corrected chi connectivity index (χ0v) is 14.1. The van der Waals surface area contributed by atoms with Gasteiger partial charge in [-0.1, -0.05) is 19.9 Å². The van der Waals surface area contributed by atoms with E-state index in [1.165, 1.54) is 12.0 Å². The van der Waals surface area contributed by atoms with Crippen molar-refractivity contribution in [3.63, 3.8) is 0 Å². The molecule has 2 rings (SSSR count). The number of hydrogen-bond donors (Lipinski definition) is 0. The molecule has 1 atom stereocenters. The number of ether oxygens (including phenoxy) is 1. The Bertz CT molecular complexity index is 368. The van der Waals surface area contributed by atoms with Gasteiger partial charge >= 0.3 is 0 Å². The van der Waals surface area contributed by atoms with Crippen molar-refractivity contribution in [3.05, 3.63) is 12.2 Å². The molecule has 2 aliphatic heterocycles. The summed E-state index contributed by atoms with van der Waals surface area (Å²) in [5, 5.41) is 2.13. The molecule has 0 saturated carbocycles. The van der Waals surface area contributed by atoms with Crippen LogP contribution in [0.3, 0.4) is 0 Å². The zero-order chi connectivity index (χ0) is 15.2. The summed E-state index contributed by atoms with van der Waals surface area (Å²) in [5.74, 6) is 0. The highest BCUT2D eigenvalue weighted by Crippen LogP contribution is 2.52. The van der Waals surface area contributed by atoms with Crippen LogP contribution in [0.1, 0.15) is 66.7 Å².